The minimum atomic E-state index is -0.112. The molecule has 0 atom stereocenters. The highest BCUT2D eigenvalue weighted by Crippen LogP contribution is 2.23. The average Bonchev–Trinajstić information content (AvgIpc) is 3.08. The molecule has 4 aromatic rings. The molecular formula is C21H19N5OS. The number of amides is 1. The molecule has 0 fully saturated rings. The van der Waals surface area contributed by atoms with Gasteiger partial charge in [0.05, 0.1) is 23.3 Å². The normalized spacial score (nSPS) is 10.8. The molecule has 2 N–H and O–H groups in total. The third-order valence-corrected chi connectivity index (χ3v) is 5.00. The van der Waals surface area contributed by atoms with Crippen LogP contribution >= 0.6 is 11.3 Å². The summed E-state index contributed by atoms with van der Waals surface area (Å²) in [4.78, 5) is 25.8. The number of rotatable bonds is 5. The Morgan fingerprint density at radius 2 is 2.00 bits per heavy atom. The summed E-state index contributed by atoms with van der Waals surface area (Å²) in [6.45, 7) is 3.96. The van der Waals surface area contributed by atoms with Gasteiger partial charge in [0.15, 0.2) is 5.13 Å². The third kappa shape index (κ3) is 4.15. The summed E-state index contributed by atoms with van der Waals surface area (Å²) in [5.41, 5.74) is 4.40. The van der Waals surface area contributed by atoms with Crippen LogP contribution in [0.2, 0.25) is 0 Å². The maximum absolute atomic E-state index is 12.5. The fourth-order valence-electron chi connectivity index (χ4n) is 2.88. The molecule has 0 saturated heterocycles. The quantitative estimate of drug-likeness (QED) is 0.520. The summed E-state index contributed by atoms with van der Waals surface area (Å²) in [5.74, 6) is 0.627. The van der Waals surface area contributed by atoms with Gasteiger partial charge < -0.3 is 10.6 Å². The van der Waals surface area contributed by atoms with E-state index in [1.807, 2.05) is 61.7 Å². The van der Waals surface area contributed by atoms with Crippen LogP contribution < -0.4 is 10.6 Å². The molecule has 1 amide bonds. The van der Waals surface area contributed by atoms with Crippen LogP contribution in [-0.4, -0.2) is 20.9 Å². The number of nitrogens with zero attached hydrogens (tertiary/aromatic N) is 3. The Labute approximate surface area is 166 Å². The number of benzene rings is 1. The van der Waals surface area contributed by atoms with E-state index in [4.69, 9.17) is 0 Å². The maximum atomic E-state index is 12.5. The zero-order valence-corrected chi connectivity index (χ0v) is 16.4. The fourth-order valence-corrected chi connectivity index (χ4v) is 3.60. The van der Waals surface area contributed by atoms with Gasteiger partial charge in [-0.2, -0.15) is 0 Å². The van der Waals surface area contributed by atoms with Crippen LogP contribution in [0.4, 0.5) is 16.6 Å². The summed E-state index contributed by atoms with van der Waals surface area (Å²) in [7, 11) is 0. The predicted molar refractivity (Wildman–Crippen MR) is 113 cm³/mol. The highest BCUT2D eigenvalue weighted by Gasteiger charge is 2.11. The van der Waals surface area contributed by atoms with E-state index in [0.717, 1.165) is 33.7 Å². The number of carbonyl (C=O) groups is 1. The molecule has 0 aliphatic rings. The molecule has 7 heteroatoms. The number of aryl methyl sites for hydroxylation is 2. The third-order valence-electron chi connectivity index (χ3n) is 4.19. The van der Waals surface area contributed by atoms with E-state index < -0.39 is 0 Å². The molecule has 140 valence electrons. The van der Waals surface area contributed by atoms with Crippen molar-refractivity contribution in [2.45, 2.75) is 20.3 Å². The molecule has 6 nitrogen and oxygen atoms in total. The van der Waals surface area contributed by atoms with Crippen molar-refractivity contribution in [2.75, 3.05) is 10.6 Å². The van der Waals surface area contributed by atoms with Gasteiger partial charge in [0, 0.05) is 22.7 Å². The minimum Gasteiger partial charge on any atom is -0.325 e. The lowest BCUT2D eigenvalue weighted by atomic mass is 10.1. The lowest BCUT2D eigenvalue weighted by Gasteiger charge is -2.08. The van der Waals surface area contributed by atoms with Gasteiger partial charge in [0.1, 0.15) is 5.82 Å². The lowest BCUT2D eigenvalue weighted by molar-refractivity contribution is -0.115. The van der Waals surface area contributed by atoms with Gasteiger partial charge in [-0.05, 0) is 55.8 Å². The van der Waals surface area contributed by atoms with E-state index in [-0.39, 0.29) is 12.3 Å². The number of carbonyl (C=O) groups excluding carboxylic acids is 1. The Kier molecular flexibility index (Phi) is 4.99. The second-order valence-corrected chi connectivity index (χ2v) is 7.40. The second-order valence-electron chi connectivity index (χ2n) is 6.54. The Balaban J connectivity index is 1.44. The van der Waals surface area contributed by atoms with E-state index in [1.54, 1.807) is 6.20 Å². The zero-order chi connectivity index (χ0) is 19.5. The fraction of sp³-hybridized carbons (Fsp3) is 0.143. The highest BCUT2D eigenvalue weighted by molar-refractivity contribution is 7.13. The van der Waals surface area contributed by atoms with Crippen molar-refractivity contribution in [3.8, 4) is 0 Å². The second kappa shape index (κ2) is 7.74. The molecular weight excluding hydrogens is 370 g/mol. The zero-order valence-electron chi connectivity index (χ0n) is 15.6. The molecule has 0 bridgehead atoms. The van der Waals surface area contributed by atoms with Crippen molar-refractivity contribution in [3.63, 3.8) is 0 Å². The number of thiazole rings is 1. The van der Waals surface area contributed by atoms with Crippen molar-refractivity contribution >= 4 is 44.8 Å². The number of aromatic nitrogens is 3. The van der Waals surface area contributed by atoms with E-state index >= 15 is 0 Å². The number of hydrogen-bond donors (Lipinski definition) is 2. The van der Waals surface area contributed by atoms with Gasteiger partial charge in [0.2, 0.25) is 5.91 Å². The molecule has 0 unspecified atom stereocenters. The molecule has 4 rings (SSSR count). The van der Waals surface area contributed by atoms with E-state index in [1.165, 1.54) is 11.3 Å². The van der Waals surface area contributed by atoms with Gasteiger partial charge in [-0.25, -0.2) is 9.97 Å². The average molecular weight is 389 g/mol. The Morgan fingerprint density at radius 3 is 2.86 bits per heavy atom. The highest BCUT2D eigenvalue weighted by atomic mass is 32.1. The Morgan fingerprint density at radius 1 is 1.11 bits per heavy atom. The molecule has 1 aromatic carbocycles. The predicted octanol–water partition coefficient (Wildman–Crippen LogP) is 4.63. The summed E-state index contributed by atoms with van der Waals surface area (Å²) < 4.78 is 0. The van der Waals surface area contributed by atoms with Crippen molar-refractivity contribution in [1.29, 1.82) is 0 Å². The van der Waals surface area contributed by atoms with Crippen LogP contribution in [0.25, 0.3) is 10.9 Å². The van der Waals surface area contributed by atoms with Gasteiger partial charge in [-0.1, -0.05) is 6.07 Å². The number of fused-ring (bicyclic) bond motifs is 1. The van der Waals surface area contributed by atoms with Gasteiger partial charge >= 0.3 is 0 Å². The van der Waals surface area contributed by atoms with E-state index in [9.17, 15) is 4.79 Å². The summed E-state index contributed by atoms with van der Waals surface area (Å²) >= 11 is 1.45. The first-order valence-electron chi connectivity index (χ1n) is 8.87. The van der Waals surface area contributed by atoms with Crippen molar-refractivity contribution in [2.24, 2.45) is 0 Å². The summed E-state index contributed by atoms with van der Waals surface area (Å²) in [6.07, 6.45) is 1.95. The lowest BCUT2D eigenvalue weighted by Crippen LogP contribution is -2.15. The van der Waals surface area contributed by atoms with Crippen LogP contribution in [0.1, 0.15) is 17.0 Å². The minimum absolute atomic E-state index is 0.112. The van der Waals surface area contributed by atoms with Gasteiger partial charge in [0.25, 0.3) is 0 Å². The Hall–Kier alpha value is -3.32. The van der Waals surface area contributed by atoms with E-state index in [2.05, 4.69) is 25.6 Å². The molecule has 28 heavy (non-hydrogen) atoms. The van der Waals surface area contributed by atoms with Gasteiger partial charge in [-0.3, -0.25) is 9.78 Å². The summed E-state index contributed by atoms with van der Waals surface area (Å²) in [6, 6.07) is 13.5. The number of anilines is 3. The van der Waals surface area contributed by atoms with Crippen molar-refractivity contribution in [1.82, 2.24) is 15.0 Å². The maximum Gasteiger partial charge on any atom is 0.230 e. The molecule has 3 heterocycles. The first-order valence-corrected chi connectivity index (χ1v) is 9.75. The molecule has 0 aliphatic heterocycles. The molecule has 0 radical (unpaired) electrons. The molecule has 0 aliphatic carbocycles. The van der Waals surface area contributed by atoms with E-state index in [0.29, 0.717) is 10.8 Å². The monoisotopic (exact) mass is 389 g/mol. The van der Waals surface area contributed by atoms with Crippen LogP contribution in [0.3, 0.4) is 0 Å². The number of nitrogens with one attached hydrogen (secondary N) is 2. The Bertz CT molecular complexity index is 1150. The summed E-state index contributed by atoms with van der Waals surface area (Å²) in [5, 5.41) is 9.66. The first kappa shape index (κ1) is 18.1. The van der Waals surface area contributed by atoms with Crippen LogP contribution in [0.15, 0.2) is 54.0 Å². The molecule has 3 aromatic heterocycles. The van der Waals surface area contributed by atoms with Crippen LogP contribution in [0.5, 0.6) is 0 Å². The molecule has 0 saturated carbocycles. The SMILES string of the molecule is Cc1ccnc(Nc2nc(CC(=O)Nc3cccc4nc(C)ccc34)cs2)c1. The van der Waals surface area contributed by atoms with Crippen molar-refractivity contribution in [3.05, 3.63) is 71.0 Å². The number of pyridine rings is 2. The van der Waals surface area contributed by atoms with Crippen molar-refractivity contribution < 1.29 is 4.79 Å². The number of hydrogen-bond acceptors (Lipinski definition) is 6. The smallest absolute Gasteiger partial charge is 0.230 e. The standard InChI is InChI=1S/C21H19N5OS/c1-13-8-9-22-19(10-13)26-21-24-15(12-28-21)11-20(27)25-18-5-3-4-17-16(18)7-6-14(2)23-17/h3-10,12H,11H2,1-2H3,(H,25,27)(H,22,24,26). The molecule has 0 spiro atoms. The van der Waals surface area contributed by atoms with Gasteiger partial charge in [-0.15, -0.1) is 11.3 Å². The topological polar surface area (TPSA) is 79.8 Å². The van der Waals surface area contributed by atoms with Crippen LogP contribution in [-0.2, 0) is 11.2 Å². The largest absolute Gasteiger partial charge is 0.325 e. The first-order chi connectivity index (χ1) is 13.6. The van der Waals surface area contributed by atoms with Crippen LogP contribution in [0, 0.1) is 13.8 Å².